The van der Waals surface area contributed by atoms with Crippen molar-refractivity contribution < 1.29 is 18.8 Å². The highest BCUT2D eigenvalue weighted by Crippen LogP contribution is 2.17. The highest BCUT2D eigenvalue weighted by Gasteiger charge is 2.15. The van der Waals surface area contributed by atoms with E-state index in [0.29, 0.717) is 24.4 Å². The van der Waals surface area contributed by atoms with Crippen LogP contribution < -0.4 is 10.6 Å². The van der Waals surface area contributed by atoms with Crippen molar-refractivity contribution in [2.45, 2.75) is 32.8 Å². The van der Waals surface area contributed by atoms with Crippen molar-refractivity contribution in [3.63, 3.8) is 0 Å². The summed E-state index contributed by atoms with van der Waals surface area (Å²) in [5.74, 6) is -0.185. The maximum atomic E-state index is 11.9. The van der Waals surface area contributed by atoms with Gasteiger partial charge in [-0.1, -0.05) is 17.3 Å². The fraction of sp³-hybridized carbons (Fsp3) is 0.438. The molecule has 2 N–H and O–H groups in total. The Morgan fingerprint density at radius 2 is 1.87 bits per heavy atom. The number of para-hydroxylation sites is 1. The second-order valence-corrected chi connectivity index (χ2v) is 6.08. The molecule has 0 saturated carbocycles. The number of alkyl carbamates (subject to hydrolysis) is 1. The second-order valence-electron chi connectivity index (χ2n) is 6.08. The van der Waals surface area contributed by atoms with E-state index in [1.807, 2.05) is 18.2 Å². The average molecular weight is 319 g/mol. The average Bonchev–Trinajstić information content (AvgIpc) is 2.85. The van der Waals surface area contributed by atoms with Crippen LogP contribution in [0.4, 0.5) is 4.79 Å². The van der Waals surface area contributed by atoms with Crippen LogP contribution in [-0.4, -0.2) is 35.8 Å². The van der Waals surface area contributed by atoms with Gasteiger partial charge in [-0.25, -0.2) is 4.79 Å². The lowest BCUT2D eigenvalue weighted by Gasteiger charge is -2.19. The number of hydrogen-bond acceptors (Lipinski definition) is 5. The third kappa shape index (κ3) is 5.28. The number of benzene rings is 1. The predicted molar refractivity (Wildman–Crippen MR) is 85.0 cm³/mol. The number of hydrogen-bond donors (Lipinski definition) is 2. The molecule has 1 heterocycles. The molecule has 0 bridgehead atoms. The van der Waals surface area contributed by atoms with Crippen molar-refractivity contribution in [3.8, 4) is 0 Å². The molecule has 0 radical (unpaired) electrons. The Labute approximate surface area is 134 Å². The van der Waals surface area contributed by atoms with E-state index >= 15 is 0 Å². The highest BCUT2D eigenvalue weighted by atomic mass is 16.6. The molecule has 0 atom stereocenters. The van der Waals surface area contributed by atoms with Gasteiger partial charge in [-0.05, 0) is 32.9 Å². The van der Waals surface area contributed by atoms with Crippen molar-refractivity contribution >= 4 is 23.0 Å². The summed E-state index contributed by atoms with van der Waals surface area (Å²) in [6.45, 7) is 5.97. The summed E-state index contributed by atoms with van der Waals surface area (Å²) in [5, 5.41) is 10.0. The molecule has 0 aliphatic heterocycles. The van der Waals surface area contributed by atoms with E-state index in [9.17, 15) is 9.59 Å². The smallest absolute Gasteiger partial charge is 0.407 e. The van der Waals surface area contributed by atoms with Crippen molar-refractivity contribution in [1.29, 1.82) is 0 Å². The second kappa shape index (κ2) is 7.13. The lowest BCUT2D eigenvalue weighted by atomic mass is 10.1. The van der Waals surface area contributed by atoms with Gasteiger partial charge in [0, 0.05) is 18.5 Å². The Kier molecular flexibility index (Phi) is 5.20. The fourth-order valence-electron chi connectivity index (χ4n) is 1.96. The van der Waals surface area contributed by atoms with Crippen LogP contribution in [0.2, 0.25) is 0 Å². The molecular formula is C16H21N3O4. The molecule has 23 heavy (non-hydrogen) atoms. The summed E-state index contributed by atoms with van der Waals surface area (Å²) in [7, 11) is 0. The van der Waals surface area contributed by atoms with E-state index in [-0.39, 0.29) is 12.3 Å². The first-order chi connectivity index (χ1) is 10.8. The minimum Gasteiger partial charge on any atom is -0.444 e. The molecule has 7 heteroatoms. The standard InChI is InChI=1S/C16H21N3O4/c1-16(2,3)22-15(21)18-9-8-17-14(20)10-12-11-6-4-5-7-13(11)23-19-12/h4-7H,8-10H2,1-3H3,(H,17,20)(H,18,21). The molecule has 2 amide bonds. The summed E-state index contributed by atoms with van der Waals surface area (Å²) in [5.41, 5.74) is 0.710. The Morgan fingerprint density at radius 3 is 2.61 bits per heavy atom. The Balaban J connectivity index is 1.73. The number of amides is 2. The van der Waals surface area contributed by atoms with Crippen molar-refractivity contribution in [2.24, 2.45) is 0 Å². The molecule has 124 valence electrons. The largest absolute Gasteiger partial charge is 0.444 e. The van der Waals surface area contributed by atoms with E-state index in [2.05, 4.69) is 15.8 Å². The molecule has 0 spiro atoms. The molecular weight excluding hydrogens is 298 g/mol. The van der Waals surface area contributed by atoms with Crippen LogP contribution in [0.3, 0.4) is 0 Å². The number of aromatic nitrogens is 1. The molecule has 0 saturated heterocycles. The minimum absolute atomic E-state index is 0.128. The third-order valence-corrected chi connectivity index (χ3v) is 2.90. The van der Waals surface area contributed by atoms with Gasteiger partial charge in [-0.2, -0.15) is 0 Å². The maximum absolute atomic E-state index is 11.9. The summed E-state index contributed by atoms with van der Waals surface area (Å²) in [6, 6.07) is 7.37. The van der Waals surface area contributed by atoms with Crippen LogP contribution >= 0.6 is 0 Å². The van der Waals surface area contributed by atoms with Gasteiger partial charge in [0.05, 0.1) is 6.42 Å². The summed E-state index contributed by atoms with van der Waals surface area (Å²) >= 11 is 0. The first-order valence-corrected chi connectivity index (χ1v) is 7.42. The molecule has 0 aliphatic rings. The number of rotatable bonds is 5. The third-order valence-electron chi connectivity index (χ3n) is 2.90. The maximum Gasteiger partial charge on any atom is 0.407 e. The zero-order chi connectivity index (χ0) is 16.9. The molecule has 7 nitrogen and oxygen atoms in total. The molecule has 0 aliphatic carbocycles. The number of carbonyl (C=O) groups is 2. The lowest BCUT2D eigenvalue weighted by molar-refractivity contribution is -0.120. The van der Waals surface area contributed by atoms with E-state index in [0.717, 1.165) is 5.39 Å². The number of fused-ring (bicyclic) bond motifs is 1. The molecule has 1 aromatic carbocycles. The van der Waals surface area contributed by atoms with E-state index in [1.54, 1.807) is 26.8 Å². The SMILES string of the molecule is CC(C)(C)OC(=O)NCCNC(=O)Cc1noc2ccccc12. The summed E-state index contributed by atoms with van der Waals surface area (Å²) in [4.78, 5) is 23.3. The quantitative estimate of drug-likeness (QED) is 0.822. The predicted octanol–water partition coefficient (Wildman–Crippen LogP) is 2.01. The molecule has 2 rings (SSSR count). The summed E-state index contributed by atoms with van der Waals surface area (Å²) < 4.78 is 10.2. The summed E-state index contributed by atoms with van der Waals surface area (Å²) in [6.07, 6.45) is -0.377. The van der Waals surface area contributed by atoms with Gasteiger partial charge in [-0.3, -0.25) is 4.79 Å². The molecule has 2 aromatic rings. The number of ether oxygens (including phenoxy) is 1. The zero-order valence-electron chi connectivity index (χ0n) is 13.5. The zero-order valence-corrected chi connectivity index (χ0v) is 13.5. The van der Waals surface area contributed by atoms with Crippen LogP contribution in [0.25, 0.3) is 11.0 Å². The van der Waals surface area contributed by atoms with Gasteiger partial charge in [0.2, 0.25) is 5.91 Å². The van der Waals surface area contributed by atoms with Crippen LogP contribution in [0.5, 0.6) is 0 Å². The lowest BCUT2D eigenvalue weighted by Crippen LogP contribution is -2.38. The number of nitrogens with zero attached hydrogens (tertiary/aromatic N) is 1. The fourth-order valence-corrected chi connectivity index (χ4v) is 1.96. The van der Waals surface area contributed by atoms with Gasteiger partial charge in [0.15, 0.2) is 5.58 Å². The van der Waals surface area contributed by atoms with E-state index in [4.69, 9.17) is 9.26 Å². The van der Waals surface area contributed by atoms with Gasteiger partial charge in [-0.15, -0.1) is 0 Å². The molecule has 1 aromatic heterocycles. The van der Waals surface area contributed by atoms with Crippen LogP contribution in [-0.2, 0) is 16.0 Å². The normalized spacial score (nSPS) is 11.3. The number of nitrogens with one attached hydrogen (secondary N) is 2. The van der Waals surface area contributed by atoms with E-state index in [1.165, 1.54) is 0 Å². The first kappa shape index (κ1) is 16.8. The Morgan fingerprint density at radius 1 is 1.17 bits per heavy atom. The van der Waals surface area contributed by atoms with Gasteiger partial charge < -0.3 is 19.9 Å². The highest BCUT2D eigenvalue weighted by molar-refractivity contribution is 5.86. The van der Waals surface area contributed by atoms with E-state index < -0.39 is 11.7 Å². The van der Waals surface area contributed by atoms with Gasteiger partial charge >= 0.3 is 6.09 Å². The van der Waals surface area contributed by atoms with Crippen molar-refractivity contribution in [3.05, 3.63) is 30.0 Å². The van der Waals surface area contributed by atoms with Crippen molar-refractivity contribution in [2.75, 3.05) is 13.1 Å². The van der Waals surface area contributed by atoms with Gasteiger partial charge in [0.1, 0.15) is 11.3 Å². The Bertz CT molecular complexity index is 688. The first-order valence-electron chi connectivity index (χ1n) is 7.42. The molecule has 0 unspecified atom stereocenters. The van der Waals surface area contributed by atoms with Crippen LogP contribution in [0, 0.1) is 0 Å². The van der Waals surface area contributed by atoms with Gasteiger partial charge in [0.25, 0.3) is 0 Å². The molecule has 0 fully saturated rings. The Hall–Kier alpha value is -2.57. The topological polar surface area (TPSA) is 93.5 Å². The van der Waals surface area contributed by atoms with Crippen LogP contribution in [0.15, 0.2) is 28.8 Å². The van der Waals surface area contributed by atoms with Crippen molar-refractivity contribution in [1.82, 2.24) is 15.8 Å². The number of carbonyl (C=O) groups excluding carboxylic acids is 2. The van der Waals surface area contributed by atoms with Crippen LogP contribution in [0.1, 0.15) is 26.5 Å². The monoisotopic (exact) mass is 319 g/mol. The minimum atomic E-state index is -0.540.